The van der Waals surface area contributed by atoms with Crippen LogP contribution in [0.4, 0.5) is 5.69 Å². The van der Waals surface area contributed by atoms with Crippen molar-refractivity contribution < 1.29 is 5.11 Å². The average molecular weight is 262 g/mol. The van der Waals surface area contributed by atoms with Crippen molar-refractivity contribution in [1.82, 2.24) is 0 Å². The topological polar surface area (TPSA) is 32.3 Å². The lowest BCUT2D eigenvalue weighted by Crippen LogP contribution is -2.08. The largest absolute Gasteiger partial charge is 0.508 e. The number of nitrogens with one attached hydrogen (secondary N) is 1. The zero-order chi connectivity index (χ0) is 13.1. The number of phenolic OH excluding ortho intramolecular Hbond substituents is 1. The van der Waals surface area contributed by atoms with Gasteiger partial charge in [-0.1, -0.05) is 29.8 Å². The van der Waals surface area contributed by atoms with Crippen LogP contribution in [0.3, 0.4) is 0 Å². The Balaban J connectivity index is 2.21. The van der Waals surface area contributed by atoms with Crippen molar-refractivity contribution in [2.24, 2.45) is 0 Å². The molecule has 0 radical (unpaired) electrons. The van der Waals surface area contributed by atoms with Crippen LogP contribution in [0.15, 0.2) is 42.5 Å². The van der Waals surface area contributed by atoms with Crippen molar-refractivity contribution in [1.29, 1.82) is 0 Å². The Morgan fingerprint density at radius 1 is 1.17 bits per heavy atom. The van der Waals surface area contributed by atoms with E-state index in [9.17, 15) is 5.11 Å². The number of anilines is 1. The van der Waals surface area contributed by atoms with Crippen LogP contribution in [0.5, 0.6) is 5.75 Å². The number of hydrogen-bond acceptors (Lipinski definition) is 2. The molecular weight excluding hydrogens is 246 g/mol. The zero-order valence-corrected chi connectivity index (χ0v) is 11.2. The van der Waals surface area contributed by atoms with Crippen molar-refractivity contribution in [3.8, 4) is 5.75 Å². The highest BCUT2D eigenvalue weighted by Crippen LogP contribution is 2.28. The Morgan fingerprint density at radius 3 is 2.56 bits per heavy atom. The minimum atomic E-state index is 0.113. The average Bonchev–Trinajstić information content (AvgIpc) is 2.33. The van der Waals surface area contributed by atoms with E-state index in [0.717, 1.165) is 21.8 Å². The molecule has 0 bridgehead atoms. The van der Waals surface area contributed by atoms with Gasteiger partial charge in [-0.15, -0.1) is 0 Å². The summed E-state index contributed by atoms with van der Waals surface area (Å²) in [4.78, 5) is 0. The number of benzene rings is 2. The van der Waals surface area contributed by atoms with E-state index < -0.39 is 0 Å². The highest BCUT2D eigenvalue weighted by molar-refractivity contribution is 6.31. The molecule has 3 heteroatoms. The quantitative estimate of drug-likeness (QED) is 0.796. The summed E-state index contributed by atoms with van der Waals surface area (Å²) in [5.41, 5.74) is 3.07. The smallest absolute Gasteiger partial charge is 0.115 e. The number of aromatic hydroxyl groups is 1. The summed E-state index contributed by atoms with van der Waals surface area (Å²) in [5.74, 6) is 0.281. The monoisotopic (exact) mass is 261 g/mol. The lowest BCUT2D eigenvalue weighted by Gasteiger charge is -2.18. The third kappa shape index (κ3) is 2.77. The molecule has 0 aromatic heterocycles. The molecule has 0 amide bonds. The number of phenols is 1. The van der Waals surface area contributed by atoms with E-state index in [2.05, 4.69) is 12.2 Å². The predicted octanol–water partition coefficient (Wildman–Crippen LogP) is 4.53. The number of halogens is 1. The van der Waals surface area contributed by atoms with Crippen molar-refractivity contribution >= 4 is 17.3 Å². The molecule has 1 atom stereocenters. The number of aryl methyl sites for hydroxylation is 1. The molecule has 2 rings (SSSR count). The summed E-state index contributed by atoms with van der Waals surface area (Å²) in [6, 6.07) is 13.2. The van der Waals surface area contributed by atoms with Crippen LogP contribution in [0, 0.1) is 6.92 Å². The van der Waals surface area contributed by atoms with Crippen molar-refractivity contribution in [3.05, 3.63) is 58.6 Å². The summed E-state index contributed by atoms with van der Waals surface area (Å²) in [5, 5.41) is 13.5. The Kier molecular flexibility index (Phi) is 3.78. The van der Waals surface area contributed by atoms with E-state index in [1.807, 2.05) is 37.3 Å². The van der Waals surface area contributed by atoms with E-state index in [4.69, 9.17) is 11.6 Å². The predicted molar refractivity (Wildman–Crippen MR) is 76.3 cm³/mol. The fourth-order valence-corrected chi connectivity index (χ4v) is 2.25. The van der Waals surface area contributed by atoms with E-state index in [0.29, 0.717) is 0 Å². The molecule has 0 spiro atoms. The van der Waals surface area contributed by atoms with Gasteiger partial charge in [0.2, 0.25) is 0 Å². The lowest BCUT2D eigenvalue weighted by molar-refractivity contribution is 0.475. The molecule has 0 saturated heterocycles. The van der Waals surface area contributed by atoms with Crippen molar-refractivity contribution in [3.63, 3.8) is 0 Å². The summed E-state index contributed by atoms with van der Waals surface area (Å²) in [6.45, 7) is 4.02. The second kappa shape index (κ2) is 5.32. The van der Waals surface area contributed by atoms with Gasteiger partial charge in [0.25, 0.3) is 0 Å². The fourth-order valence-electron chi connectivity index (χ4n) is 1.95. The number of rotatable bonds is 3. The standard InChI is InChI=1S/C15H16ClNO/c1-10-9-12(18)7-8-15(10)17-11(2)13-5-3-4-6-14(13)16/h3-9,11,17-18H,1-2H3. The van der Waals surface area contributed by atoms with E-state index >= 15 is 0 Å². The van der Waals surface area contributed by atoms with Gasteiger partial charge >= 0.3 is 0 Å². The van der Waals surface area contributed by atoms with Gasteiger partial charge < -0.3 is 10.4 Å². The summed E-state index contributed by atoms with van der Waals surface area (Å²) >= 11 is 6.17. The third-order valence-electron chi connectivity index (χ3n) is 2.95. The van der Waals surface area contributed by atoms with Gasteiger partial charge in [-0.25, -0.2) is 0 Å². The first kappa shape index (κ1) is 12.8. The van der Waals surface area contributed by atoms with Crippen LogP contribution >= 0.6 is 11.6 Å². The highest BCUT2D eigenvalue weighted by atomic mass is 35.5. The van der Waals surface area contributed by atoms with Crippen LogP contribution in [-0.4, -0.2) is 5.11 Å². The van der Waals surface area contributed by atoms with Gasteiger partial charge in [-0.2, -0.15) is 0 Å². The second-order valence-corrected chi connectivity index (χ2v) is 4.79. The molecule has 0 aliphatic rings. The molecule has 0 fully saturated rings. The summed E-state index contributed by atoms with van der Waals surface area (Å²) in [6.07, 6.45) is 0. The van der Waals surface area contributed by atoms with Crippen molar-refractivity contribution in [2.45, 2.75) is 19.9 Å². The molecule has 0 aliphatic carbocycles. The van der Waals surface area contributed by atoms with Gasteiger partial charge in [0.1, 0.15) is 5.75 Å². The van der Waals surface area contributed by atoms with Crippen LogP contribution in [0.2, 0.25) is 5.02 Å². The Bertz CT molecular complexity index is 554. The maximum atomic E-state index is 9.38. The van der Waals surface area contributed by atoms with E-state index in [1.54, 1.807) is 12.1 Å². The maximum Gasteiger partial charge on any atom is 0.115 e. The molecule has 2 aromatic carbocycles. The molecule has 0 saturated carbocycles. The molecule has 18 heavy (non-hydrogen) atoms. The van der Waals surface area contributed by atoms with Gasteiger partial charge in [0.15, 0.2) is 0 Å². The first-order chi connectivity index (χ1) is 8.58. The van der Waals surface area contributed by atoms with Crippen LogP contribution in [0.25, 0.3) is 0 Å². The molecule has 2 N–H and O–H groups in total. The van der Waals surface area contributed by atoms with Gasteiger partial charge in [-0.3, -0.25) is 0 Å². The maximum absolute atomic E-state index is 9.38. The van der Waals surface area contributed by atoms with Crippen molar-refractivity contribution in [2.75, 3.05) is 5.32 Å². The molecule has 0 aliphatic heterocycles. The van der Waals surface area contributed by atoms with Crippen LogP contribution in [0.1, 0.15) is 24.1 Å². The van der Waals surface area contributed by atoms with Gasteiger partial charge in [0, 0.05) is 16.8 Å². The normalized spacial score (nSPS) is 12.2. The Labute approximate surface area is 112 Å². The molecule has 0 heterocycles. The minimum absolute atomic E-state index is 0.113. The van der Waals surface area contributed by atoms with E-state index in [-0.39, 0.29) is 11.8 Å². The zero-order valence-electron chi connectivity index (χ0n) is 10.4. The first-order valence-corrected chi connectivity index (χ1v) is 6.26. The molecule has 94 valence electrons. The molecule has 2 aromatic rings. The Morgan fingerprint density at radius 2 is 1.89 bits per heavy atom. The third-order valence-corrected chi connectivity index (χ3v) is 3.30. The molecular formula is C15H16ClNO. The minimum Gasteiger partial charge on any atom is -0.508 e. The summed E-state index contributed by atoms with van der Waals surface area (Å²) in [7, 11) is 0. The second-order valence-electron chi connectivity index (χ2n) is 4.39. The molecule has 1 unspecified atom stereocenters. The SMILES string of the molecule is Cc1cc(O)ccc1NC(C)c1ccccc1Cl. The van der Waals surface area contributed by atoms with Gasteiger partial charge in [-0.05, 0) is 49.2 Å². The molecule has 2 nitrogen and oxygen atoms in total. The lowest BCUT2D eigenvalue weighted by atomic mass is 10.1. The van der Waals surface area contributed by atoms with E-state index in [1.165, 1.54) is 0 Å². The van der Waals surface area contributed by atoms with Crippen LogP contribution in [-0.2, 0) is 0 Å². The summed E-state index contributed by atoms with van der Waals surface area (Å²) < 4.78 is 0. The Hall–Kier alpha value is -1.67. The van der Waals surface area contributed by atoms with Crippen LogP contribution < -0.4 is 5.32 Å². The first-order valence-electron chi connectivity index (χ1n) is 5.88. The highest BCUT2D eigenvalue weighted by Gasteiger charge is 2.10. The number of hydrogen-bond donors (Lipinski definition) is 2. The fraction of sp³-hybridized carbons (Fsp3) is 0.200. The van der Waals surface area contributed by atoms with Gasteiger partial charge in [0.05, 0.1) is 0 Å².